The number of rotatable bonds is 4. The second-order valence-corrected chi connectivity index (χ2v) is 8.75. The van der Waals surface area contributed by atoms with Crippen molar-refractivity contribution in [1.29, 1.82) is 0 Å². The van der Waals surface area contributed by atoms with E-state index in [1.54, 1.807) is 24.3 Å². The van der Waals surface area contributed by atoms with Gasteiger partial charge in [0.2, 0.25) is 5.13 Å². The van der Waals surface area contributed by atoms with Crippen LogP contribution in [-0.4, -0.2) is 46.0 Å². The molecule has 1 aliphatic rings. The number of urea groups is 1. The average Bonchev–Trinajstić information content (AvgIpc) is 3.20. The number of halogens is 1. The molecule has 1 N–H and O–H groups in total. The van der Waals surface area contributed by atoms with E-state index >= 15 is 0 Å². The number of benzene rings is 2. The van der Waals surface area contributed by atoms with Crippen LogP contribution in [-0.2, 0) is 6.42 Å². The fraction of sp³-hybridized carbons (Fsp3) is 0.318. The zero-order valence-corrected chi connectivity index (χ0v) is 18.6. The SMILES string of the molecule is Cc1ccc(Cc2nsc(N3CCN(C(=O)Nc4ccc(Cl)cc4)C(C)C3)n2)cc1. The molecule has 3 aromatic rings. The Kier molecular flexibility index (Phi) is 6.20. The first kappa shape index (κ1) is 20.6. The van der Waals surface area contributed by atoms with Gasteiger partial charge in [-0.15, -0.1) is 0 Å². The highest BCUT2D eigenvalue weighted by Gasteiger charge is 2.29. The number of carbonyl (C=O) groups excluding carboxylic acids is 1. The standard InChI is InChI=1S/C22H24ClN5OS/c1-15-3-5-17(6-4-15)13-20-25-22(30-26-20)27-11-12-28(16(2)14-27)21(29)24-19-9-7-18(23)8-10-19/h3-10,16H,11-14H2,1-2H3,(H,24,29). The van der Waals surface area contributed by atoms with E-state index < -0.39 is 0 Å². The maximum Gasteiger partial charge on any atom is 0.322 e. The van der Waals surface area contributed by atoms with Crippen molar-refractivity contribution in [3.8, 4) is 0 Å². The summed E-state index contributed by atoms with van der Waals surface area (Å²) in [5.74, 6) is 0.842. The molecule has 6 nitrogen and oxygen atoms in total. The molecule has 4 rings (SSSR count). The number of piperazine rings is 1. The fourth-order valence-corrected chi connectivity index (χ4v) is 4.34. The van der Waals surface area contributed by atoms with Crippen LogP contribution in [0.15, 0.2) is 48.5 Å². The van der Waals surface area contributed by atoms with Gasteiger partial charge in [0, 0.05) is 54.3 Å². The van der Waals surface area contributed by atoms with Crippen LogP contribution in [0.1, 0.15) is 23.9 Å². The summed E-state index contributed by atoms with van der Waals surface area (Å²) < 4.78 is 4.54. The number of nitrogens with zero attached hydrogens (tertiary/aromatic N) is 4. The number of aryl methyl sites for hydroxylation is 1. The zero-order valence-electron chi connectivity index (χ0n) is 17.0. The molecule has 1 atom stereocenters. The highest BCUT2D eigenvalue weighted by atomic mass is 35.5. The molecule has 0 saturated carbocycles. The van der Waals surface area contributed by atoms with Gasteiger partial charge in [0.05, 0.1) is 0 Å². The summed E-state index contributed by atoms with van der Waals surface area (Å²) in [6.07, 6.45) is 0.732. The number of aromatic nitrogens is 2. The van der Waals surface area contributed by atoms with Crippen molar-refractivity contribution in [3.05, 3.63) is 70.5 Å². The Morgan fingerprint density at radius 1 is 1.17 bits per heavy atom. The molecular formula is C22H24ClN5OS. The number of carbonyl (C=O) groups is 1. The predicted octanol–water partition coefficient (Wildman–Crippen LogP) is 4.83. The Bertz CT molecular complexity index is 1010. The largest absolute Gasteiger partial charge is 0.343 e. The van der Waals surface area contributed by atoms with Crippen LogP contribution in [0.5, 0.6) is 0 Å². The smallest absolute Gasteiger partial charge is 0.322 e. The first-order valence-electron chi connectivity index (χ1n) is 9.94. The van der Waals surface area contributed by atoms with Gasteiger partial charge >= 0.3 is 6.03 Å². The number of hydrogen-bond donors (Lipinski definition) is 1. The molecule has 1 aromatic heterocycles. The number of anilines is 2. The maximum atomic E-state index is 12.7. The van der Waals surface area contributed by atoms with Crippen molar-refractivity contribution in [1.82, 2.24) is 14.3 Å². The second-order valence-electron chi connectivity index (χ2n) is 7.58. The van der Waals surface area contributed by atoms with Crippen molar-refractivity contribution >= 4 is 40.0 Å². The van der Waals surface area contributed by atoms with Crippen molar-refractivity contribution in [2.45, 2.75) is 26.3 Å². The number of amides is 2. The number of hydrogen-bond acceptors (Lipinski definition) is 5. The Hall–Kier alpha value is -2.64. The van der Waals surface area contributed by atoms with Crippen LogP contribution >= 0.6 is 23.1 Å². The van der Waals surface area contributed by atoms with Crippen molar-refractivity contribution in [2.75, 3.05) is 29.9 Å². The van der Waals surface area contributed by atoms with Gasteiger partial charge < -0.3 is 15.1 Å². The van der Waals surface area contributed by atoms with E-state index in [0.29, 0.717) is 11.6 Å². The van der Waals surface area contributed by atoms with E-state index in [2.05, 4.69) is 52.7 Å². The normalized spacial score (nSPS) is 16.6. The third-order valence-corrected chi connectivity index (χ3v) is 6.26. The van der Waals surface area contributed by atoms with E-state index in [4.69, 9.17) is 16.6 Å². The van der Waals surface area contributed by atoms with Gasteiger partial charge in [-0.05, 0) is 43.7 Å². The minimum atomic E-state index is -0.0956. The van der Waals surface area contributed by atoms with Crippen LogP contribution < -0.4 is 10.2 Å². The third kappa shape index (κ3) is 4.91. The monoisotopic (exact) mass is 441 g/mol. The van der Waals surface area contributed by atoms with Gasteiger partial charge in [0.1, 0.15) is 5.82 Å². The molecule has 0 aliphatic carbocycles. The average molecular weight is 442 g/mol. The van der Waals surface area contributed by atoms with Crippen molar-refractivity contribution in [3.63, 3.8) is 0 Å². The summed E-state index contributed by atoms with van der Waals surface area (Å²) in [5.41, 5.74) is 3.20. The highest BCUT2D eigenvalue weighted by Crippen LogP contribution is 2.23. The molecular weight excluding hydrogens is 418 g/mol. The molecule has 0 radical (unpaired) electrons. The lowest BCUT2D eigenvalue weighted by Crippen LogP contribution is -2.55. The van der Waals surface area contributed by atoms with Crippen LogP contribution in [0.4, 0.5) is 15.6 Å². The predicted molar refractivity (Wildman–Crippen MR) is 123 cm³/mol. The summed E-state index contributed by atoms with van der Waals surface area (Å²) in [6, 6.07) is 15.6. The summed E-state index contributed by atoms with van der Waals surface area (Å²) >= 11 is 7.34. The fourth-order valence-electron chi connectivity index (χ4n) is 3.50. The molecule has 1 aliphatic heterocycles. The van der Waals surface area contributed by atoms with Crippen LogP contribution in [0.3, 0.4) is 0 Å². The summed E-state index contributed by atoms with van der Waals surface area (Å²) in [7, 11) is 0. The van der Waals surface area contributed by atoms with E-state index in [0.717, 1.165) is 36.2 Å². The topological polar surface area (TPSA) is 61.4 Å². The molecule has 30 heavy (non-hydrogen) atoms. The lowest BCUT2D eigenvalue weighted by atomic mass is 10.1. The molecule has 0 spiro atoms. The summed E-state index contributed by atoms with van der Waals surface area (Å²) in [5, 5.41) is 4.51. The maximum absolute atomic E-state index is 12.7. The molecule has 1 unspecified atom stereocenters. The van der Waals surface area contributed by atoms with E-state index in [1.807, 2.05) is 4.90 Å². The van der Waals surface area contributed by atoms with Gasteiger partial charge in [0.25, 0.3) is 0 Å². The summed E-state index contributed by atoms with van der Waals surface area (Å²) in [4.78, 5) is 21.5. The lowest BCUT2D eigenvalue weighted by molar-refractivity contribution is 0.185. The van der Waals surface area contributed by atoms with Gasteiger partial charge in [-0.25, -0.2) is 9.78 Å². The molecule has 8 heteroatoms. The molecule has 2 heterocycles. The number of nitrogens with one attached hydrogen (secondary N) is 1. The van der Waals surface area contributed by atoms with E-state index in [-0.39, 0.29) is 12.1 Å². The minimum absolute atomic E-state index is 0.0653. The Labute approximate surface area is 185 Å². The Balaban J connectivity index is 1.35. The highest BCUT2D eigenvalue weighted by molar-refractivity contribution is 7.09. The minimum Gasteiger partial charge on any atom is -0.343 e. The molecule has 1 fully saturated rings. The Morgan fingerprint density at radius 3 is 2.60 bits per heavy atom. The van der Waals surface area contributed by atoms with Gasteiger partial charge in [-0.3, -0.25) is 0 Å². The molecule has 2 amide bonds. The van der Waals surface area contributed by atoms with E-state index in [9.17, 15) is 4.79 Å². The first-order valence-corrected chi connectivity index (χ1v) is 11.1. The summed E-state index contributed by atoms with van der Waals surface area (Å²) in [6.45, 7) is 6.24. The zero-order chi connectivity index (χ0) is 21.1. The van der Waals surface area contributed by atoms with E-state index in [1.165, 1.54) is 22.7 Å². The Morgan fingerprint density at radius 2 is 1.90 bits per heavy atom. The lowest BCUT2D eigenvalue weighted by Gasteiger charge is -2.39. The molecule has 2 aromatic carbocycles. The van der Waals surface area contributed by atoms with Gasteiger partial charge in [-0.2, -0.15) is 4.37 Å². The van der Waals surface area contributed by atoms with Crippen molar-refractivity contribution in [2.24, 2.45) is 0 Å². The second kappa shape index (κ2) is 9.02. The first-order chi connectivity index (χ1) is 14.5. The molecule has 1 saturated heterocycles. The molecule has 156 valence electrons. The van der Waals surface area contributed by atoms with Gasteiger partial charge in [0.15, 0.2) is 0 Å². The van der Waals surface area contributed by atoms with Crippen LogP contribution in [0, 0.1) is 6.92 Å². The van der Waals surface area contributed by atoms with Gasteiger partial charge in [-0.1, -0.05) is 41.4 Å². The third-order valence-electron chi connectivity index (χ3n) is 5.19. The molecule has 0 bridgehead atoms. The van der Waals surface area contributed by atoms with Crippen molar-refractivity contribution < 1.29 is 4.79 Å². The van der Waals surface area contributed by atoms with Crippen LogP contribution in [0.25, 0.3) is 0 Å². The van der Waals surface area contributed by atoms with Crippen LogP contribution in [0.2, 0.25) is 5.02 Å². The quantitative estimate of drug-likeness (QED) is 0.629.